The quantitative estimate of drug-likeness (QED) is 0.494. The lowest BCUT2D eigenvalue weighted by molar-refractivity contribution is -0.0475. The first-order valence-electron chi connectivity index (χ1n) is 8.30. The van der Waals surface area contributed by atoms with Crippen molar-refractivity contribution in [2.24, 2.45) is 0 Å². The fraction of sp³-hybridized carbons (Fsp3) is 0.412. The largest absolute Gasteiger partial charge is 0.450 e. The van der Waals surface area contributed by atoms with E-state index >= 15 is 0 Å². The number of ether oxygens (including phenoxy) is 2. The molecule has 1 aliphatic rings. The number of nitrogens with two attached hydrogens (primary N) is 1. The molecule has 0 fully saturated rings. The van der Waals surface area contributed by atoms with Crippen molar-refractivity contribution in [2.75, 3.05) is 24.8 Å². The first-order valence-corrected chi connectivity index (χ1v) is 8.30. The van der Waals surface area contributed by atoms with E-state index in [0.29, 0.717) is 22.9 Å². The fourth-order valence-corrected chi connectivity index (χ4v) is 2.44. The highest BCUT2D eigenvalue weighted by molar-refractivity contribution is 5.82. The summed E-state index contributed by atoms with van der Waals surface area (Å²) in [6.45, 7) is 3.54. The molecule has 3 rings (SSSR count). The highest BCUT2D eigenvalue weighted by Gasteiger charge is 2.23. The van der Waals surface area contributed by atoms with Crippen molar-refractivity contribution < 1.29 is 19.7 Å². The van der Waals surface area contributed by atoms with Gasteiger partial charge in [-0.3, -0.25) is 4.57 Å². The minimum absolute atomic E-state index is 0.0919. The summed E-state index contributed by atoms with van der Waals surface area (Å²) in [7, 11) is 1.37. The summed E-state index contributed by atoms with van der Waals surface area (Å²) in [4.78, 5) is 16.1. The van der Waals surface area contributed by atoms with Gasteiger partial charge in [-0.15, -0.1) is 0 Å². The van der Waals surface area contributed by atoms with E-state index in [1.807, 2.05) is 13.8 Å². The van der Waals surface area contributed by atoms with E-state index in [4.69, 9.17) is 20.3 Å². The van der Waals surface area contributed by atoms with Gasteiger partial charge in [-0.05, 0) is 12.1 Å². The van der Waals surface area contributed by atoms with Gasteiger partial charge in [-0.1, -0.05) is 19.9 Å². The molecule has 0 radical (unpaired) electrons. The smallest absolute Gasteiger partial charge is 0.349 e. The standard InChI is InChI=1S/C15H18N4O5.C2H6/c1-23-12(7-20)9(21)5-19-6-11-14(18-15(19)22)17-13-8(16)3-2-4-10(13)24-11;1-2/h2-4,6,9,12,20-21H,5,7,16H2,1H3,(H,17,18,22);1-2H3. The lowest BCUT2D eigenvalue weighted by atomic mass is 10.2. The van der Waals surface area contributed by atoms with Crippen molar-refractivity contribution in [3.05, 3.63) is 34.9 Å². The number of rotatable bonds is 5. The molecular weight excluding hydrogens is 340 g/mol. The Hall–Kier alpha value is -2.62. The number of fused-ring (bicyclic) bond motifs is 2. The van der Waals surface area contributed by atoms with E-state index in [9.17, 15) is 9.90 Å². The van der Waals surface area contributed by atoms with Crippen LogP contribution in [0.5, 0.6) is 11.5 Å². The highest BCUT2D eigenvalue weighted by atomic mass is 16.5. The van der Waals surface area contributed by atoms with Gasteiger partial charge in [0.1, 0.15) is 17.9 Å². The zero-order valence-corrected chi connectivity index (χ0v) is 15.0. The zero-order valence-electron chi connectivity index (χ0n) is 15.0. The number of hydrogen-bond donors (Lipinski definition) is 4. The van der Waals surface area contributed by atoms with E-state index in [0.717, 1.165) is 0 Å². The van der Waals surface area contributed by atoms with E-state index in [2.05, 4.69) is 10.3 Å². The minimum Gasteiger partial charge on any atom is -0.450 e. The van der Waals surface area contributed by atoms with Crippen LogP contribution in [0.2, 0.25) is 0 Å². The molecule has 0 spiro atoms. The van der Waals surface area contributed by atoms with Gasteiger partial charge in [0, 0.05) is 7.11 Å². The molecule has 0 aliphatic carbocycles. The van der Waals surface area contributed by atoms with Crippen LogP contribution in [0.4, 0.5) is 17.2 Å². The molecule has 9 heteroatoms. The molecule has 0 bridgehead atoms. The lowest BCUT2D eigenvalue weighted by Crippen LogP contribution is -2.38. The monoisotopic (exact) mass is 364 g/mol. The molecule has 9 nitrogen and oxygen atoms in total. The summed E-state index contributed by atoms with van der Waals surface area (Å²) >= 11 is 0. The first kappa shape index (κ1) is 19.7. The SMILES string of the molecule is CC.COC(CO)C(O)Cn1cc2c(nc1=O)Nc1c(N)cccc1O2. The third-order valence-electron chi connectivity index (χ3n) is 3.78. The second-order valence-corrected chi connectivity index (χ2v) is 5.36. The fourth-order valence-electron chi connectivity index (χ4n) is 2.44. The van der Waals surface area contributed by atoms with Crippen molar-refractivity contribution in [2.45, 2.75) is 32.6 Å². The van der Waals surface area contributed by atoms with Crippen molar-refractivity contribution in [3.63, 3.8) is 0 Å². The number of para-hydroxylation sites is 1. The van der Waals surface area contributed by atoms with E-state index in [-0.39, 0.29) is 19.0 Å². The number of hydrogen-bond acceptors (Lipinski definition) is 8. The molecule has 2 heterocycles. The van der Waals surface area contributed by atoms with Gasteiger partial charge in [-0.25, -0.2) is 4.79 Å². The van der Waals surface area contributed by atoms with Crippen molar-refractivity contribution in [1.29, 1.82) is 0 Å². The number of anilines is 3. The summed E-state index contributed by atoms with van der Waals surface area (Å²) in [5, 5.41) is 22.1. The maximum absolute atomic E-state index is 12.1. The Bertz CT molecular complexity index is 804. The Kier molecular flexibility index (Phi) is 6.56. The molecule has 1 aromatic carbocycles. The molecule has 2 unspecified atom stereocenters. The summed E-state index contributed by atoms with van der Waals surface area (Å²) in [5.74, 6) is 1.10. The van der Waals surface area contributed by atoms with E-state index in [1.54, 1.807) is 18.2 Å². The number of methoxy groups -OCH3 is 1. The molecular formula is C17H24N4O5. The summed E-state index contributed by atoms with van der Waals surface area (Å²) in [6.07, 6.45) is -0.429. The van der Waals surface area contributed by atoms with Crippen molar-refractivity contribution in [1.82, 2.24) is 9.55 Å². The van der Waals surface area contributed by atoms with Gasteiger partial charge in [0.25, 0.3) is 0 Å². The number of benzene rings is 1. The molecule has 1 aromatic heterocycles. The van der Waals surface area contributed by atoms with Crippen molar-refractivity contribution >= 4 is 17.2 Å². The van der Waals surface area contributed by atoms with Crippen LogP contribution < -0.4 is 21.5 Å². The summed E-state index contributed by atoms with van der Waals surface area (Å²) in [5.41, 5.74) is 6.33. The van der Waals surface area contributed by atoms with Gasteiger partial charge in [0.15, 0.2) is 17.3 Å². The van der Waals surface area contributed by atoms with Crippen LogP contribution in [0.1, 0.15) is 13.8 Å². The second-order valence-electron chi connectivity index (χ2n) is 5.36. The highest BCUT2D eigenvalue weighted by Crippen LogP contribution is 2.42. The van der Waals surface area contributed by atoms with Gasteiger partial charge in [-0.2, -0.15) is 4.98 Å². The van der Waals surface area contributed by atoms with Gasteiger partial charge in [0.2, 0.25) is 0 Å². The van der Waals surface area contributed by atoms with Gasteiger partial charge in [0.05, 0.1) is 25.0 Å². The maximum Gasteiger partial charge on any atom is 0.349 e. The Balaban J connectivity index is 0.00000117. The topological polar surface area (TPSA) is 132 Å². The second kappa shape index (κ2) is 8.65. The van der Waals surface area contributed by atoms with E-state index < -0.39 is 17.9 Å². The number of aliphatic hydroxyl groups excluding tert-OH is 2. The average molecular weight is 364 g/mol. The van der Waals surface area contributed by atoms with Crippen LogP contribution in [0.3, 0.4) is 0 Å². The minimum atomic E-state index is -1.07. The molecule has 0 saturated heterocycles. The zero-order chi connectivity index (χ0) is 19.3. The Labute approximate surface area is 151 Å². The third-order valence-corrected chi connectivity index (χ3v) is 3.78. The number of nitrogen functional groups attached to an aromatic ring is 1. The molecule has 0 saturated carbocycles. The summed E-state index contributed by atoms with van der Waals surface area (Å²) in [6, 6.07) is 5.19. The number of aliphatic hydroxyl groups is 2. The number of nitrogens with zero attached hydrogens (tertiary/aromatic N) is 2. The Morgan fingerprint density at radius 1 is 1.38 bits per heavy atom. The average Bonchev–Trinajstić information content (AvgIpc) is 2.64. The first-order chi connectivity index (χ1) is 12.5. The van der Waals surface area contributed by atoms with Gasteiger partial charge < -0.3 is 30.7 Å². The summed E-state index contributed by atoms with van der Waals surface area (Å²) < 4.78 is 11.9. The molecule has 2 aromatic rings. The maximum atomic E-state index is 12.1. The molecule has 5 N–H and O–H groups in total. The van der Waals surface area contributed by atoms with E-state index in [1.165, 1.54) is 17.9 Å². The molecule has 1 aliphatic heterocycles. The Morgan fingerprint density at radius 2 is 2.12 bits per heavy atom. The number of aromatic nitrogens is 2. The number of nitrogens with one attached hydrogen (secondary N) is 1. The van der Waals surface area contributed by atoms with Crippen LogP contribution in [0.25, 0.3) is 0 Å². The predicted molar refractivity (Wildman–Crippen MR) is 97.9 cm³/mol. The lowest BCUT2D eigenvalue weighted by Gasteiger charge is -2.24. The van der Waals surface area contributed by atoms with Crippen molar-refractivity contribution in [3.8, 4) is 11.5 Å². The predicted octanol–water partition coefficient (Wildman–Crippen LogP) is 1.07. The van der Waals surface area contributed by atoms with Crippen LogP contribution >= 0.6 is 0 Å². The van der Waals surface area contributed by atoms with Crippen LogP contribution in [0.15, 0.2) is 29.2 Å². The molecule has 0 amide bonds. The third kappa shape index (κ3) is 3.96. The van der Waals surface area contributed by atoms with Crippen LogP contribution in [-0.2, 0) is 11.3 Å². The Morgan fingerprint density at radius 3 is 2.77 bits per heavy atom. The molecule has 2 atom stereocenters. The molecule has 142 valence electrons. The van der Waals surface area contributed by atoms with Crippen LogP contribution in [0, 0.1) is 0 Å². The van der Waals surface area contributed by atoms with Gasteiger partial charge >= 0.3 is 5.69 Å². The molecule has 26 heavy (non-hydrogen) atoms. The normalized spacial score (nSPS) is 13.9. The van der Waals surface area contributed by atoms with Crippen LogP contribution in [-0.4, -0.2) is 45.7 Å².